The molecule has 9 heteroatoms. The molecule has 0 fully saturated rings. The van der Waals surface area contributed by atoms with E-state index in [2.05, 4.69) is 20.7 Å². The molecule has 0 aliphatic rings. The quantitative estimate of drug-likeness (QED) is 0.666. The zero-order valence-electron chi connectivity index (χ0n) is 15.4. The molecule has 28 heavy (non-hydrogen) atoms. The van der Waals surface area contributed by atoms with Crippen LogP contribution < -0.4 is 10.6 Å². The molecule has 0 spiro atoms. The molecule has 0 aliphatic heterocycles. The van der Waals surface area contributed by atoms with Gasteiger partial charge in [0.1, 0.15) is 12.7 Å². The number of carbonyl (C=O) groups is 2. The molecule has 8 nitrogen and oxygen atoms in total. The summed E-state index contributed by atoms with van der Waals surface area (Å²) in [5.41, 5.74) is 2.37. The highest BCUT2D eigenvalue weighted by Crippen LogP contribution is 2.24. The van der Waals surface area contributed by atoms with Crippen molar-refractivity contribution in [1.82, 2.24) is 19.7 Å². The average molecular weight is 399 g/mol. The molecule has 0 saturated heterocycles. The van der Waals surface area contributed by atoms with E-state index >= 15 is 0 Å². The molecule has 0 atom stereocenters. The molecular weight excluding hydrogens is 380 g/mol. The summed E-state index contributed by atoms with van der Waals surface area (Å²) >= 11 is 6.06. The van der Waals surface area contributed by atoms with Crippen molar-refractivity contribution in [2.75, 3.05) is 31.3 Å². The fraction of sp³-hybridized carbons (Fsp3) is 0.158. The summed E-state index contributed by atoms with van der Waals surface area (Å²) in [5.74, 6) is -0.377. The Bertz CT molecular complexity index is 988. The van der Waals surface area contributed by atoms with Crippen LogP contribution in [0.2, 0.25) is 5.02 Å². The van der Waals surface area contributed by atoms with Crippen LogP contribution in [0.5, 0.6) is 0 Å². The first kappa shape index (κ1) is 19.4. The van der Waals surface area contributed by atoms with Crippen LogP contribution in [-0.4, -0.2) is 52.1 Å². The standard InChI is InChI=1S/C19H19ClN6O2/c1-25(2)19(28)13-4-3-5-15(8-13)22-10-18(27)24-16-9-14(20)6-7-17(16)26-12-21-11-23-26/h3-9,11-12,22H,10H2,1-2H3,(H,24,27). The van der Waals surface area contributed by atoms with Crippen molar-refractivity contribution in [3.63, 3.8) is 0 Å². The zero-order valence-corrected chi connectivity index (χ0v) is 16.1. The number of benzene rings is 2. The molecule has 1 heterocycles. The first-order chi connectivity index (χ1) is 13.4. The van der Waals surface area contributed by atoms with Crippen molar-refractivity contribution < 1.29 is 9.59 Å². The van der Waals surface area contributed by atoms with Gasteiger partial charge in [-0.15, -0.1) is 0 Å². The summed E-state index contributed by atoms with van der Waals surface area (Å²) in [7, 11) is 3.38. The number of hydrogen-bond acceptors (Lipinski definition) is 5. The van der Waals surface area contributed by atoms with Crippen molar-refractivity contribution in [3.05, 3.63) is 65.7 Å². The van der Waals surface area contributed by atoms with E-state index in [1.165, 1.54) is 22.2 Å². The minimum absolute atomic E-state index is 0.0168. The van der Waals surface area contributed by atoms with Crippen LogP contribution in [0, 0.1) is 0 Å². The Labute approximate surface area is 167 Å². The minimum atomic E-state index is -0.270. The Morgan fingerprint density at radius 2 is 2.00 bits per heavy atom. The highest BCUT2D eigenvalue weighted by Gasteiger charge is 2.11. The Kier molecular flexibility index (Phi) is 5.90. The van der Waals surface area contributed by atoms with Crippen molar-refractivity contribution in [1.29, 1.82) is 0 Å². The van der Waals surface area contributed by atoms with Gasteiger partial charge in [-0.1, -0.05) is 17.7 Å². The maximum atomic E-state index is 12.4. The third-order valence-electron chi connectivity index (χ3n) is 3.87. The molecule has 0 radical (unpaired) electrons. The van der Waals surface area contributed by atoms with Crippen LogP contribution in [0.15, 0.2) is 55.1 Å². The Morgan fingerprint density at radius 3 is 2.71 bits per heavy atom. The van der Waals surface area contributed by atoms with Gasteiger partial charge in [0, 0.05) is 30.4 Å². The molecule has 0 unspecified atom stereocenters. The number of carbonyl (C=O) groups excluding carboxylic acids is 2. The number of amides is 2. The molecule has 3 aromatic rings. The first-order valence-electron chi connectivity index (χ1n) is 8.44. The number of anilines is 2. The second-order valence-electron chi connectivity index (χ2n) is 6.18. The summed E-state index contributed by atoms with van der Waals surface area (Å²) in [6.45, 7) is 0.0168. The summed E-state index contributed by atoms with van der Waals surface area (Å²) in [6.07, 6.45) is 2.94. The van der Waals surface area contributed by atoms with Crippen molar-refractivity contribution in [2.45, 2.75) is 0 Å². The molecule has 1 aromatic heterocycles. The molecule has 144 valence electrons. The SMILES string of the molecule is CN(C)C(=O)c1cccc(NCC(=O)Nc2cc(Cl)ccc2-n2cncn2)c1. The topological polar surface area (TPSA) is 92.2 Å². The highest BCUT2D eigenvalue weighted by atomic mass is 35.5. The van der Waals surface area contributed by atoms with Gasteiger partial charge in [-0.2, -0.15) is 5.10 Å². The van der Waals surface area contributed by atoms with E-state index in [1.807, 2.05) is 0 Å². The second-order valence-corrected chi connectivity index (χ2v) is 6.62. The predicted octanol–water partition coefficient (Wildman–Crippen LogP) is 2.67. The van der Waals surface area contributed by atoms with Crippen molar-refractivity contribution in [3.8, 4) is 5.69 Å². The van der Waals surface area contributed by atoms with Gasteiger partial charge in [-0.3, -0.25) is 9.59 Å². The Balaban J connectivity index is 1.68. The number of hydrogen-bond donors (Lipinski definition) is 2. The lowest BCUT2D eigenvalue weighted by atomic mass is 10.2. The molecule has 2 N–H and O–H groups in total. The summed E-state index contributed by atoms with van der Waals surface area (Å²) in [4.78, 5) is 29.9. The molecule has 0 bridgehead atoms. The Morgan fingerprint density at radius 1 is 1.18 bits per heavy atom. The van der Waals surface area contributed by atoms with Gasteiger partial charge >= 0.3 is 0 Å². The molecule has 0 saturated carbocycles. The Hall–Kier alpha value is -3.39. The van der Waals surface area contributed by atoms with E-state index in [0.717, 1.165) is 0 Å². The zero-order chi connectivity index (χ0) is 20.1. The fourth-order valence-electron chi connectivity index (χ4n) is 2.54. The molecular formula is C19H19ClN6O2. The molecule has 0 aliphatic carbocycles. The van der Waals surface area contributed by atoms with Crippen LogP contribution in [0.1, 0.15) is 10.4 Å². The van der Waals surface area contributed by atoms with Gasteiger partial charge < -0.3 is 15.5 Å². The minimum Gasteiger partial charge on any atom is -0.376 e. The highest BCUT2D eigenvalue weighted by molar-refractivity contribution is 6.31. The lowest BCUT2D eigenvalue weighted by Crippen LogP contribution is -2.23. The average Bonchev–Trinajstić information content (AvgIpc) is 3.20. The van der Waals surface area contributed by atoms with Crippen molar-refractivity contribution in [2.24, 2.45) is 0 Å². The van der Waals surface area contributed by atoms with Crippen LogP contribution >= 0.6 is 11.6 Å². The van der Waals surface area contributed by atoms with E-state index in [1.54, 1.807) is 56.6 Å². The van der Waals surface area contributed by atoms with Gasteiger partial charge in [0.15, 0.2) is 0 Å². The number of rotatable bonds is 6. The van der Waals surface area contributed by atoms with Gasteiger partial charge in [0.2, 0.25) is 5.91 Å². The van der Waals surface area contributed by atoms with Crippen LogP contribution in [0.4, 0.5) is 11.4 Å². The van der Waals surface area contributed by atoms with Crippen LogP contribution in [-0.2, 0) is 4.79 Å². The lowest BCUT2D eigenvalue weighted by Gasteiger charge is -2.13. The molecule has 2 amide bonds. The largest absolute Gasteiger partial charge is 0.376 e. The number of halogens is 1. The van der Waals surface area contributed by atoms with Crippen LogP contribution in [0.25, 0.3) is 5.69 Å². The second kappa shape index (κ2) is 8.53. The van der Waals surface area contributed by atoms with E-state index in [-0.39, 0.29) is 18.4 Å². The predicted molar refractivity (Wildman–Crippen MR) is 108 cm³/mol. The molecule has 3 rings (SSSR count). The third kappa shape index (κ3) is 4.66. The van der Waals surface area contributed by atoms with Crippen molar-refractivity contribution >= 4 is 34.8 Å². The number of nitrogens with one attached hydrogen (secondary N) is 2. The summed E-state index contributed by atoms with van der Waals surface area (Å²) in [6, 6.07) is 12.1. The van der Waals surface area contributed by atoms with E-state index in [9.17, 15) is 9.59 Å². The van der Waals surface area contributed by atoms with Gasteiger partial charge in [-0.25, -0.2) is 9.67 Å². The van der Waals surface area contributed by atoms with Crippen LogP contribution in [0.3, 0.4) is 0 Å². The lowest BCUT2D eigenvalue weighted by molar-refractivity contribution is -0.114. The first-order valence-corrected chi connectivity index (χ1v) is 8.82. The van der Waals surface area contributed by atoms with Gasteiger partial charge in [-0.05, 0) is 36.4 Å². The van der Waals surface area contributed by atoms with Gasteiger partial charge in [0.25, 0.3) is 5.91 Å². The van der Waals surface area contributed by atoms with E-state index in [0.29, 0.717) is 27.6 Å². The summed E-state index contributed by atoms with van der Waals surface area (Å²) in [5, 5.41) is 10.4. The smallest absolute Gasteiger partial charge is 0.253 e. The fourth-order valence-corrected chi connectivity index (χ4v) is 2.71. The van der Waals surface area contributed by atoms with E-state index < -0.39 is 0 Å². The normalized spacial score (nSPS) is 10.4. The molecule has 2 aromatic carbocycles. The number of nitrogens with zero attached hydrogens (tertiary/aromatic N) is 4. The third-order valence-corrected chi connectivity index (χ3v) is 4.10. The van der Waals surface area contributed by atoms with Gasteiger partial charge in [0.05, 0.1) is 17.9 Å². The maximum absolute atomic E-state index is 12.4. The van der Waals surface area contributed by atoms with E-state index in [4.69, 9.17) is 11.6 Å². The maximum Gasteiger partial charge on any atom is 0.253 e. The summed E-state index contributed by atoms with van der Waals surface area (Å²) < 4.78 is 1.54. The number of aromatic nitrogens is 3. The monoisotopic (exact) mass is 398 g/mol.